The molecule has 1 fully saturated rings. The Bertz CT molecular complexity index is 275. The molecule has 3 atom stereocenters. The summed E-state index contributed by atoms with van der Waals surface area (Å²) in [6, 6.07) is 2.75. The number of nitriles is 1. The van der Waals surface area contributed by atoms with Crippen molar-refractivity contribution in [1.82, 2.24) is 5.32 Å². The fourth-order valence-corrected chi connectivity index (χ4v) is 2.54. The number of nitrogens with zero attached hydrogens (tertiary/aromatic N) is 1. The SMILES string of the molecule is COCC(C)OC1CCC(C#N)(NC(C)C)C1. The molecular formula is C13H24N2O2. The molecule has 0 bridgehead atoms. The van der Waals surface area contributed by atoms with E-state index in [-0.39, 0.29) is 12.2 Å². The van der Waals surface area contributed by atoms with Crippen LogP contribution in [0.1, 0.15) is 40.0 Å². The maximum Gasteiger partial charge on any atom is 0.109 e. The van der Waals surface area contributed by atoms with Crippen molar-refractivity contribution in [3.05, 3.63) is 0 Å². The van der Waals surface area contributed by atoms with Crippen molar-refractivity contribution in [3.8, 4) is 6.07 Å². The first-order valence-corrected chi connectivity index (χ1v) is 6.34. The van der Waals surface area contributed by atoms with Gasteiger partial charge in [-0.15, -0.1) is 0 Å². The molecule has 4 heteroatoms. The van der Waals surface area contributed by atoms with Crippen LogP contribution in [0.2, 0.25) is 0 Å². The molecule has 1 aliphatic rings. The van der Waals surface area contributed by atoms with E-state index in [1.807, 2.05) is 6.92 Å². The summed E-state index contributed by atoms with van der Waals surface area (Å²) in [5, 5.41) is 12.7. The summed E-state index contributed by atoms with van der Waals surface area (Å²) in [6.45, 7) is 6.75. The van der Waals surface area contributed by atoms with Gasteiger partial charge in [-0.3, -0.25) is 5.32 Å². The number of ether oxygens (including phenoxy) is 2. The van der Waals surface area contributed by atoms with Crippen molar-refractivity contribution in [2.75, 3.05) is 13.7 Å². The number of methoxy groups -OCH3 is 1. The molecule has 0 radical (unpaired) electrons. The molecule has 98 valence electrons. The van der Waals surface area contributed by atoms with Crippen LogP contribution in [0.3, 0.4) is 0 Å². The van der Waals surface area contributed by atoms with Gasteiger partial charge in [0.15, 0.2) is 0 Å². The molecule has 0 aliphatic heterocycles. The molecule has 0 aromatic rings. The highest BCUT2D eigenvalue weighted by Gasteiger charge is 2.40. The predicted octanol–water partition coefficient (Wildman–Crippen LogP) is 1.85. The molecule has 3 unspecified atom stereocenters. The first-order chi connectivity index (χ1) is 8.01. The molecule has 0 amide bonds. The Balaban J connectivity index is 2.47. The molecule has 1 saturated carbocycles. The van der Waals surface area contributed by atoms with Crippen molar-refractivity contribution >= 4 is 0 Å². The molecule has 1 N–H and O–H groups in total. The van der Waals surface area contributed by atoms with Gasteiger partial charge in [0.05, 0.1) is 24.9 Å². The van der Waals surface area contributed by atoms with Crippen LogP contribution in [0.15, 0.2) is 0 Å². The van der Waals surface area contributed by atoms with Crippen LogP contribution >= 0.6 is 0 Å². The molecule has 4 nitrogen and oxygen atoms in total. The van der Waals surface area contributed by atoms with Crippen LogP contribution in [-0.2, 0) is 9.47 Å². The van der Waals surface area contributed by atoms with Crippen molar-refractivity contribution < 1.29 is 9.47 Å². The van der Waals surface area contributed by atoms with Crippen LogP contribution in [0.25, 0.3) is 0 Å². The Kier molecular flexibility index (Phi) is 5.38. The van der Waals surface area contributed by atoms with E-state index in [1.165, 1.54) is 0 Å². The summed E-state index contributed by atoms with van der Waals surface area (Å²) in [7, 11) is 1.68. The zero-order valence-electron chi connectivity index (χ0n) is 11.3. The summed E-state index contributed by atoms with van der Waals surface area (Å²) in [5.74, 6) is 0. The lowest BCUT2D eigenvalue weighted by Gasteiger charge is -2.26. The zero-order chi connectivity index (χ0) is 12.9. The Morgan fingerprint density at radius 3 is 2.71 bits per heavy atom. The number of hydrogen-bond donors (Lipinski definition) is 1. The van der Waals surface area contributed by atoms with Gasteiger partial charge in [-0.25, -0.2) is 0 Å². The maximum atomic E-state index is 9.33. The summed E-state index contributed by atoms with van der Waals surface area (Å²) in [6.07, 6.45) is 2.85. The monoisotopic (exact) mass is 240 g/mol. The first kappa shape index (κ1) is 14.4. The molecular weight excluding hydrogens is 216 g/mol. The highest BCUT2D eigenvalue weighted by molar-refractivity contribution is 5.12. The van der Waals surface area contributed by atoms with E-state index >= 15 is 0 Å². The third kappa shape index (κ3) is 4.27. The molecule has 0 aromatic carbocycles. The third-order valence-corrected chi connectivity index (χ3v) is 3.07. The molecule has 1 rings (SSSR count). The van der Waals surface area contributed by atoms with Crippen LogP contribution in [0, 0.1) is 11.3 Å². The Morgan fingerprint density at radius 1 is 1.47 bits per heavy atom. The van der Waals surface area contributed by atoms with Crippen molar-refractivity contribution in [1.29, 1.82) is 5.26 Å². The van der Waals surface area contributed by atoms with E-state index in [9.17, 15) is 5.26 Å². The number of hydrogen-bond acceptors (Lipinski definition) is 4. The van der Waals surface area contributed by atoms with Crippen LogP contribution in [0.5, 0.6) is 0 Å². The first-order valence-electron chi connectivity index (χ1n) is 6.34. The minimum absolute atomic E-state index is 0.0959. The highest BCUT2D eigenvalue weighted by atomic mass is 16.5. The van der Waals surface area contributed by atoms with Crippen LogP contribution in [-0.4, -0.2) is 37.5 Å². The van der Waals surface area contributed by atoms with E-state index in [2.05, 4.69) is 25.2 Å². The smallest absolute Gasteiger partial charge is 0.109 e. The fourth-order valence-electron chi connectivity index (χ4n) is 2.54. The number of nitrogens with one attached hydrogen (secondary N) is 1. The minimum atomic E-state index is -0.397. The van der Waals surface area contributed by atoms with Crippen molar-refractivity contribution in [3.63, 3.8) is 0 Å². The van der Waals surface area contributed by atoms with E-state index in [0.29, 0.717) is 12.6 Å². The quantitative estimate of drug-likeness (QED) is 0.770. The third-order valence-electron chi connectivity index (χ3n) is 3.07. The van der Waals surface area contributed by atoms with Gasteiger partial charge >= 0.3 is 0 Å². The predicted molar refractivity (Wildman–Crippen MR) is 66.7 cm³/mol. The van der Waals surface area contributed by atoms with Gasteiger partial charge in [0.25, 0.3) is 0 Å². The minimum Gasteiger partial charge on any atom is -0.382 e. The van der Waals surface area contributed by atoms with E-state index in [4.69, 9.17) is 9.47 Å². The van der Waals surface area contributed by atoms with Crippen molar-refractivity contribution in [2.24, 2.45) is 0 Å². The standard InChI is InChI=1S/C13H24N2O2/c1-10(2)15-13(9-14)6-5-12(7-13)17-11(3)8-16-4/h10-12,15H,5-8H2,1-4H3. The topological polar surface area (TPSA) is 54.3 Å². The van der Waals surface area contributed by atoms with E-state index < -0.39 is 5.54 Å². The summed E-state index contributed by atoms with van der Waals surface area (Å²) < 4.78 is 10.9. The van der Waals surface area contributed by atoms with Gasteiger partial charge in [0, 0.05) is 19.6 Å². The Hall–Kier alpha value is -0.630. The van der Waals surface area contributed by atoms with E-state index in [0.717, 1.165) is 19.3 Å². The van der Waals surface area contributed by atoms with Crippen LogP contribution in [0.4, 0.5) is 0 Å². The Labute approximate surface area is 104 Å². The number of rotatable bonds is 6. The molecule has 0 spiro atoms. The molecule has 0 heterocycles. The zero-order valence-corrected chi connectivity index (χ0v) is 11.3. The van der Waals surface area contributed by atoms with Crippen LogP contribution < -0.4 is 5.32 Å². The lowest BCUT2D eigenvalue weighted by molar-refractivity contribution is -0.0371. The van der Waals surface area contributed by atoms with Gasteiger partial charge in [0.1, 0.15) is 5.54 Å². The fraction of sp³-hybridized carbons (Fsp3) is 0.923. The second-order valence-corrected chi connectivity index (χ2v) is 5.26. The van der Waals surface area contributed by atoms with Gasteiger partial charge in [-0.1, -0.05) is 0 Å². The molecule has 17 heavy (non-hydrogen) atoms. The second kappa shape index (κ2) is 6.34. The van der Waals surface area contributed by atoms with Gasteiger partial charge in [-0.05, 0) is 33.6 Å². The average molecular weight is 240 g/mol. The summed E-state index contributed by atoms with van der Waals surface area (Å²) in [4.78, 5) is 0. The molecule has 0 saturated heterocycles. The lowest BCUT2D eigenvalue weighted by Crippen LogP contribution is -2.46. The average Bonchev–Trinajstić information content (AvgIpc) is 2.61. The summed E-state index contributed by atoms with van der Waals surface area (Å²) in [5.41, 5.74) is -0.397. The van der Waals surface area contributed by atoms with Gasteiger partial charge in [-0.2, -0.15) is 5.26 Å². The van der Waals surface area contributed by atoms with E-state index in [1.54, 1.807) is 7.11 Å². The molecule has 1 aliphatic carbocycles. The maximum absolute atomic E-state index is 9.33. The normalized spacial score (nSPS) is 30.5. The summed E-state index contributed by atoms with van der Waals surface area (Å²) >= 11 is 0. The second-order valence-electron chi connectivity index (χ2n) is 5.26. The largest absolute Gasteiger partial charge is 0.382 e. The van der Waals surface area contributed by atoms with Gasteiger partial charge in [0.2, 0.25) is 0 Å². The lowest BCUT2D eigenvalue weighted by atomic mass is 9.98. The van der Waals surface area contributed by atoms with Gasteiger partial charge < -0.3 is 9.47 Å². The van der Waals surface area contributed by atoms with Crippen molar-refractivity contribution in [2.45, 2.75) is 63.8 Å². The molecule has 0 aromatic heterocycles. The highest BCUT2D eigenvalue weighted by Crippen LogP contribution is 2.32. The Morgan fingerprint density at radius 2 is 2.18 bits per heavy atom.